The summed E-state index contributed by atoms with van der Waals surface area (Å²) in [4.78, 5) is 12.6. The fraction of sp³-hybridized carbons (Fsp3) is 0.138. The Kier molecular flexibility index (Phi) is 8.73. The third-order valence-electron chi connectivity index (χ3n) is 5.59. The van der Waals surface area contributed by atoms with E-state index in [9.17, 15) is 17.6 Å². The minimum atomic E-state index is -3.63. The first-order valence-electron chi connectivity index (χ1n) is 11.8. The predicted octanol–water partition coefficient (Wildman–Crippen LogP) is 6.14. The van der Waals surface area contributed by atoms with Crippen LogP contribution in [0.3, 0.4) is 0 Å². The molecule has 0 saturated carbocycles. The number of rotatable bonds is 10. The van der Waals surface area contributed by atoms with Crippen LogP contribution >= 0.6 is 0 Å². The zero-order valence-corrected chi connectivity index (χ0v) is 21.5. The number of urea groups is 1. The Labute approximate surface area is 221 Å². The number of carbonyl (C=O) groups excluding carboxylic acids is 1. The van der Waals surface area contributed by atoms with E-state index in [0.717, 1.165) is 5.56 Å². The van der Waals surface area contributed by atoms with Gasteiger partial charge in [-0.25, -0.2) is 17.6 Å². The summed E-state index contributed by atoms with van der Waals surface area (Å²) in [7, 11) is -2.04. The van der Waals surface area contributed by atoms with Crippen molar-refractivity contribution < 1.29 is 27.1 Å². The highest BCUT2D eigenvalue weighted by atomic mass is 32.2. The summed E-state index contributed by atoms with van der Waals surface area (Å²) >= 11 is 0. The zero-order chi connectivity index (χ0) is 27.0. The molecule has 0 spiro atoms. The molecule has 0 saturated heterocycles. The van der Waals surface area contributed by atoms with Crippen molar-refractivity contribution in [2.45, 2.75) is 10.6 Å². The number of methoxy groups -OCH3 is 1. The zero-order valence-electron chi connectivity index (χ0n) is 20.7. The first-order valence-corrected chi connectivity index (χ1v) is 13.5. The topological polar surface area (TPSA) is 93.7 Å². The number of hydrogen-bond acceptors (Lipinski definition) is 5. The van der Waals surface area contributed by atoms with Gasteiger partial charge in [0.15, 0.2) is 9.84 Å². The van der Waals surface area contributed by atoms with Crippen molar-refractivity contribution in [1.82, 2.24) is 0 Å². The number of sulfone groups is 1. The van der Waals surface area contributed by atoms with Crippen molar-refractivity contribution in [3.8, 4) is 16.9 Å². The molecule has 7 nitrogen and oxygen atoms in total. The van der Waals surface area contributed by atoms with Crippen LogP contribution in [-0.4, -0.2) is 34.8 Å². The van der Waals surface area contributed by atoms with Gasteiger partial charge in [0.2, 0.25) is 0 Å². The second-order valence-electron chi connectivity index (χ2n) is 8.44. The highest BCUT2D eigenvalue weighted by Gasteiger charge is 2.16. The van der Waals surface area contributed by atoms with E-state index < -0.39 is 15.9 Å². The average Bonchev–Trinajstić information content (AvgIpc) is 2.90. The van der Waals surface area contributed by atoms with Crippen LogP contribution in [0.2, 0.25) is 0 Å². The number of hydrogen-bond donors (Lipinski definition) is 2. The second-order valence-corrected chi connectivity index (χ2v) is 10.4. The van der Waals surface area contributed by atoms with Crippen LogP contribution in [-0.2, 0) is 20.3 Å². The lowest BCUT2D eigenvalue weighted by molar-refractivity contribution is 0.146. The summed E-state index contributed by atoms with van der Waals surface area (Å²) in [5.74, 6) is 0.0430. The number of amides is 2. The molecule has 2 amide bonds. The third kappa shape index (κ3) is 7.41. The fourth-order valence-electron chi connectivity index (χ4n) is 3.70. The van der Waals surface area contributed by atoms with Crippen LogP contribution in [0.25, 0.3) is 11.1 Å². The van der Waals surface area contributed by atoms with Gasteiger partial charge in [0.05, 0.1) is 17.3 Å². The molecule has 9 heteroatoms. The number of ether oxygens (including phenoxy) is 2. The molecule has 4 aromatic rings. The summed E-state index contributed by atoms with van der Waals surface area (Å²) in [6, 6.07) is 25.6. The molecule has 0 unspecified atom stereocenters. The Morgan fingerprint density at radius 1 is 0.789 bits per heavy atom. The fourth-order valence-corrected chi connectivity index (χ4v) is 5.09. The molecule has 2 N–H and O–H groups in total. The van der Waals surface area contributed by atoms with Gasteiger partial charge in [0, 0.05) is 24.6 Å². The molecule has 196 valence electrons. The summed E-state index contributed by atoms with van der Waals surface area (Å²) in [6.07, 6.45) is 0. The molecule has 4 rings (SSSR count). The van der Waals surface area contributed by atoms with Gasteiger partial charge in [0.1, 0.15) is 18.2 Å². The van der Waals surface area contributed by atoms with Gasteiger partial charge in [0.25, 0.3) is 0 Å². The maximum absolute atomic E-state index is 13.2. The highest BCUT2D eigenvalue weighted by molar-refractivity contribution is 7.90. The van der Waals surface area contributed by atoms with Crippen LogP contribution in [0, 0.1) is 5.82 Å². The van der Waals surface area contributed by atoms with Crippen molar-refractivity contribution in [2.75, 3.05) is 31.0 Å². The van der Waals surface area contributed by atoms with E-state index in [1.54, 1.807) is 92.0 Å². The van der Waals surface area contributed by atoms with Gasteiger partial charge in [-0.05, 0) is 65.2 Å². The first kappa shape index (κ1) is 26.8. The van der Waals surface area contributed by atoms with Gasteiger partial charge in [-0.2, -0.15) is 0 Å². The van der Waals surface area contributed by atoms with Gasteiger partial charge >= 0.3 is 6.03 Å². The van der Waals surface area contributed by atoms with Crippen molar-refractivity contribution in [2.24, 2.45) is 0 Å². The Balaban J connectivity index is 1.37. The maximum Gasteiger partial charge on any atom is 0.323 e. The predicted molar refractivity (Wildman–Crippen MR) is 146 cm³/mol. The van der Waals surface area contributed by atoms with Gasteiger partial charge < -0.3 is 20.1 Å². The third-order valence-corrected chi connectivity index (χ3v) is 7.27. The molecule has 0 aliphatic rings. The average molecular weight is 535 g/mol. The number of anilines is 2. The van der Waals surface area contributed by atoms with E-state index in [2.05, 4.69) is 10.6 Å². The SMILES string of the molecule is COCCOc1cccc(NC(=O)Nc2ccc(CS(=O)(=O)c3cccc(-c4ccc(F)cc4)c3)cc2)c1. The smallest absolute Gasteiger partial charge is 0.323 e. The van der Waals surface area contributed by atoms with Crippen LogP contribution in [0.15, 0.2) is 102 Å². The Bertz CT molecular complexity index is 1490. The number of benzene rings is 4. The quantitative estimate of drug-likeness (QED) is 0.239. The standard InChI is InChI=1S/C29H27FN2O5S/c1-36-16-17-37-27-6-3-5-26(19-27)32-29(33)31-25-14-8-21(9-15-25)20-38(34,35)28-7-2-4-23(18-28)22-10-12-24(30)13-11-22/h2-15,18-19H,16-17,20H2,1H3,(H2,31,32,33). The lowest BCUT2D eigenvalue weighted by Crippen LogP contribution is -2.19. The molecule has 0 aliphatic heterocycles. The Morgan fingerprint density at radius 3 is 2.24 bits per heavy atom. The van der Waals surface area contributed by atoms with E-state index in [1.165, 1.54) is 12.1 Å². The lowest BCUT2D eigenvalue weighted by atomic mass is 10.1. The largest absolute Gasteiger partial charge is 0.491 e. The molecule has 0 radical (unpaired) electrons. The molecule has 38 heavy (non-hydrogen) atoms. The Hall–Kier alpha value is -4.21. The van der Waals surface area contributed by atoms with E-state index in [4.69, 9.17) is 9.47 Å². The molecule has 4 aromatic carbocycles. The van der Waals surface area contributed by atoms with Gasteiger partial charge in [-0.15, -0.1) is 0 Å². The van der Waals surface area contributed by atoms with Crippen LogP contribution in [0.5, 0.6) is 5.75 Å². The summed E-state index contributed by atoms with van der Waals surface area (Å²) in [5.41, 5.74) is 3.05. The van der Waals surface area contributed by atoms with Gasteiger partial charge in [-0.1, -0.05) is 42.5 Å². The van der Waals surface area contributed by atoms with E-state index in [-0.39, 0.29) is 16.5 Å². The molecular weight excluding hydrogens is 507 g/mol. The molecule has 0 bridgehead atoms. The molecule has 0 heterocycles. The number of carbonyl (C=O) groups is 1. The Morgan fingerprint density at radius 2 is 1.50 bits per heavy atom. The highest BCUT2D eigenvalue weighted by Crippen LogP contribution is 2.25. The normalized spacial score (nSPS) is 11.1. The summed E-state index contributed by atoms with van der Waals surface area (Å²) < 4.78 is 49.9. The van der Waals surface area contributed by atoms with Gasteiger partial charge in [-0.3, -0.25) is 0 Å². The molecular formula is C29H27FN2O5S. The van der Waals surface area contributed by atoms with Crippen LogP contribution in [0.4, 0.5) is 20.6 Å². The van der Waals surface area contributed by atoms with Crippen LogP contribution in [0.1, 0.15) is 5.56 Å². The van der Waals surface area contributed by atoms with Crippen molar-refractivity contribution >= 4 is 27.2 Å². The van der Waals surface area contributed by atoms with Crippen LogP contribution < -0.4 is 15.4 Å². The number of nitrogens with one attached hydrogen (secondary N) is 2. The lowest BCUT2D eigenvalue weighted by Gasteiger charge is -2.11. The minimum absolute atomic E-state index is 0.175. The van der Waals surface area contributed by atoms with E-state index in [0.29, 0.717) is 41.5 Å². The molecule has 0 aromatic heterocycles. The van der Waals surface area contributed by atoms with Crippen molar-refractivity contribution in [1.29, 1.82) is 0 Å². The first-order chi connectivity index (χ1) is 18.3. The van der Waals surface area contributed by atoms with Crippen molar-refractivity contribution in [3.63, 3.8) is 0 Å². The monoisotopic (exact) mass is 534 g/mol. The molecule has 0 atom stereocenters. The second kappa shape index (κ2) is 12.4. The summed E-state index contributed by atoms with van der Waals surface area (Å²) in [6.45, 7) is 0.853. The summed E-state index contributed by atoms with van der Waals surface area (Å²) in [5, 5.41) is 5.47. The van der Waals surface area contributed by atoms with E-state index in [1.807, 2.05) is 0 Å². The molecule has 0 aliphatic carbocycles. The van der Waals surface area contributed by atoms with E-state index >= 15 is 0 Å². The maximum atomic E-state index is 13.2. The number of halogens is 1. The van der Waals surface area contributed by atoms with Crippen molar-refractivity contribution in [3.05, 3.63) is 108 Å². The minimum Gasteiger partial charge on any atom is -0.491 e. The molecule has 0 fully saturated rings.